The average molecular weight is 267 g/mol. The summed E-state index contributed by atoms with van der Waals surface area (Å²) in [4.78, 5) is 10.5. The van der Waals surface area contributed by atoms with Crippen LogP contribution in [0.15, 0.2) is 28.0 Å². The quantitative estimate of drug-likeness (QED) is 0.807. The van der Waals surface area contributed by atoms with Gasteiger partial charge >= 0.3 is 5.97 Å². The molecule has 0 aromatic carbocycles. The van der Waals surface area contributed by atoms with Crippen molar-refractivity contribution in [1.29, 1.82) is 0 Å². The van der Waals surface area contributed by atoms with E-state index in [0.717, 1.165) is 0 Å². The van der Waals surface area contributed by atoms with Crippen LogP contribution >= 0.6 is 11.8 Å². The van der Waals surface area contributed by atoms with Gasteiger partial charge in [0.2, 0.25) is 0 Å². The number of aromatic nitrogens is 3. The van der Waals surface area contributed by atoms with Crippen molar-refractivity contribution in [1.82, 2.24) is 14.8 Å². The van der Waals surface area contributed by atoms with Gasteiger partial charge in [0.15, 0.2) is 16.7 Å². The zero-order chi connectivity index (χ0) is 13.0. The van der Waals surface area contributed by atoms with Crippen molar-refractivity contribution in [2.45, 2.75) is 25.0 Å². The second-order valence-corrected chi connectivity index (χ2v) is 4.58. The Labute approximate surface area is 108 Å². The largest absolute Gasteiger partial charge is 0.481 e. The maximum atomic E-state index is 10.5. The molecule has 0 saturated carbocycles. The van der Waals surface area contributed by atoms with Crippen molar-refractivity contribution < 1.29 is 14.3 Å². The molecule has 2 aromatic heterocycles. The molecule has 96 valence electrons. The van der Waals surface area contributed by atoms with Gasteiger partial charge < -0.3 is 9.52 Å². The lowest BCUT2D eigenvalue weighted by atomic mass is 10.4. The lowest BCUT2D eigenvalue weighted by Gasteiger charge is -2.04. The standard InChI is InChI=1S/C11H13N3O3S/c1-2-14-10(8-4-3-6-17-8)12-13-11(14)18-7-5-9(15)16/h3-4,6H,2,5,7H2,1H3,(H,15,16). The fraction of sp³-hybridized carbons (Fsp3) is 0.364. The first-order chi connectivity index (χ1) is 8.72. The minimum absolute atomic E-state index is 0.108. The predicted molar refractivity (Wildman–Crippen MR) is 66.4 cm³/mol. The number of carbonyl (C=O) groups is 1. The Morgan fingerprint density at radius 3 is 3.00 bits per heavy atom. The summed E-state index contributed by atoms with van der Waals surface area (Å²) in [6.07, 6.45) is 1.69. The fourth-order valence-corrected chi connectivity index (χ4v) is 2.43. The first kappa shape index (κ1) is 12.7. The maximum Gasteiger partial charge on any atom is 0.304 e. The number of carboxylic acids is 1. The third-order valence-electron chi connectivity index (χ3n) is 2.32. The third kappa shape index (κ3) is 2.73. The van der Waals surface area contributed by atoms with E-state index in [9.17, 15) is 4.79 Å². The molecule has 0 aliphatic heterocycles. The SMILES string of the molecule is CCn1c(SCCC(=O)O)nnc1-c1ccco1. The normalized spacial score (nSPS) is 10.7. The van der Waals surface area contributed by atoms with Crippen molar-refractivity contribution in [3.8, 4) is 11.6 Å². The Hall–Kier alpha value is -1.76. The maximum absolute atomic E-state index is 10.5. The molecular weight excluding hydrogens is 254 g/mol. The molecule has 1 N–H and O–H groups in total. The van der Waals surface area contributed by atoms with Crippen LogP contribution in [0.1, 0.15) is 13.3 Å². The van der Waals surface area contributed by atoms with Gasteiger partial charge in [-0.15, -0.1) is 10.2 Å². The molecule has 6 nitrogen and oxygen atoms in total. The van der Waals surface area contributed by atoms with E-state index in [2.05, 4.69) is 10.2 Å². The Morgan fingerprint density at radius 2 is 2.39 bits per heavy atom. The molecular formula is C11H13N3O3S. The van der Waals surface area contributed by atoms with Crippen LogP contribution in [0.2, 0.25) is 0 Å². The summed E-state index contributed by atoms with van der Waals surface area (Å²) in [6.45, 7) is 2.69. The minimum Gasteiger partial charge on any atom is -0.481 e. The number of hydrogen-bond donors (Lipinski definition) is 1. The second-order valence-electron chi connectivity index (χ2n) is 3.52. The Morgan fingerprint density at radius 1 is 1.56 bits per heavy atom. The molecule has 0 radical (unpaired) electrons. The Bertz CT molecular complexity index is 522. The topological polar surface area (TPSA) is 81.2 Å². The number of carboxylic acid groups (broad SMARTS) is 1. The van der Waals surface area contributed by atoms with Crippen LogP contribution in [0.25, 0.3) is 11.6 Å². The molecule has 0 spiro atoms. The van der Waals surface area contributed by atoms with Gasteiger partial charge in [0.25, 0.3) is 0 Å². The van der Waals surface area contributed by atoms with Crippen LogP contribution in [0.4, 0.5) is 0 Å². The molecule has 0 fully saturated rings. The highest BCUT2D eigenvalue weighted by Gasteiger charge is 2.15. The molecule has 7 heteroatoms. The molecule has 2 heterocycles. The molecule has 0 aliphatic rings. The third-order valence-corrected chi connectivity index (χ3v) is 3.29. The number of aliphatic carboxylic acids is 1. The Kier molecular flexibility index (Phi) is 4.03. The van der Waals surface area contributed by atoms with Crippen molar-refractivity contribution in [3.05, 3.63) is 18.4 Å². The molecule has 0 saturated heterocycles. The van der Waals surface area contributed by atoms with Crippen LogP contribution in [-0.4, -0.2) is 31.6 Å². The molecule has 2 aromatic rings. The molecule has 0 atom stereocenters. The van der Waals surface area contributed by atoms with Crippen LogP contribution < -0.4 is 0 Å². The number of hydrogen-bond acceptors (Lipinski definition) is 5. The summed E-state index contributed by atoms with van der Waals surface area (Å²) in [5.41, 5.74) is 0. The van der Waals surface area contributed by atoms with Crippen LogP contribution in [0.5, 0.6) is 0 Å². The van der Waals surface area contributed by atoms with E-state index in [1.165, 1.54) is 11.8 Å². The van der Waals surface area contributed by atoms with E-state index >= 15 is 0 Å². The van der Waals surface area contributed by atoms with E-state index in [4.69, 9.17) is 9.52 Å². The predicted octanol–water partition coefficient (Wildman–Crippen LogP) is 2.12. The highest BCUT2D eigenvalue weighted by molar-refractivity contribution is 7.99. The summed E-state index contributed by atoms with van der Waals surface area (Å²) in [5, 5.41) is 17.5. The average Bonchev–Trinajstić information content (AvgIpc) is 2.95. The number of rotatable bonds is 6. The van der Waals surface area contributed by atoms with Crippen molar-refractivity contribution >= 4 is 17.7 Å². The van der Waals surface area contributed by atoms with E-state index in [0.29, 0.717) is 29.0 Å². The van der Waals surface area contributed by atoms with Gasteiger partial charge in [-0.05, 0) is 19.1 Å². The van der Waals surface area contributed by atoms with Crippen LogP contribution in [0.3, 0.4) is 0 Å². The zero-order valence-corrected chi connectivity index (χ0v) is 10.7. The van der Waals surface area contributed by atoms with Gasteiger partial charge in [0.05, 0.1) is 12.7 Å². The van der Waals surface area contributed by atoms with Gasteiger partial charge in [-0.2, -0.15) is 0 Å². The van der Waals surface area contributed by atoms with Gasteiger partial charge in [-0.3, -0.25) is 9.36 Å². The molecule has 0 unspecified atom stereocenters. The zero-order valence-electron chi connectivity index (χ0n) is 9.87. The molecule has 0 amide bonds. The van der Waals surface area contributed by atoms with Gasteiger partial charge in [0, 0.05) is 12.3 Å². The highest BCUT2D eigenvalue weighted by Crippen LogP contribution is 2.24. The number of thioether (sulfide) groups is 1. The lowest BCUT2D eigenvalue weighted by Crippen LogP contribution is -2.01. The first-order valence-electron chi connectivity index (χ1n) is 5.54. The van der Waals surface area contributed by atoms with Gasteiger partial charge in [0.1, 0.15) is 0 Å². The van der Waals surface area contributed by atoms with Crippen molar-refractivity contribution in [3.63, 3.8) is 0 Å². The van der Waals surface area contributed by atoms with E-state index in [-0.39, 0.29) is 6.42 Å². The van der Waals surface area contributed by atoms with Crippen molar-refractivity contribution in [2.24, 2.45) is 0 Å². The summed E-state index contributed by atoms with van der Waals surface area (Å²) < 4.78 is 7.20. The minimum atomic E-state index is -0.809. The summed E-state index contributed by atoms with van der Waals surface area (Å²) in [7, 11) is 0. The molecule has 0 aliphatic carbocycles. The summed E-state index contributed by atoms with van der Waals surface area (Å²) >= 11 is 1.38. The number of furan rings is 1. The van der Waals surface area contributed by atoms with Crippen LogP contribution in [0, 0.1) is 0 Å². The smallest absolute Gasteiger partial charge is 0.304 e. The van der Waals surface area contributed by atoms with Crippen molar-refractivity contribution in [2.75, 3.05) is 5.75 Å². The highest BCUT2D eigenvalue weighted by atomic mass is 32.2. The van der Waals surface area contributed by atoms with Gasteiger partial charge in [-0.1, -0.05) is 11.8 Å². The van der Waals surface area contributed by atoms with Crippen LogP contribution in [-0.2, 0) is 11.3 Å². The monoisotopic (exact) mass is 267 g/mol. The fourth-order valence-electron chi connectivity index (χ4n) is 1.50. The van der Waals surface area contributed by atoms with E-state index in [1.54, 1.807) is 12.3 Å². The summed E-state index contributed by atoms with van der Waals surface area (Å²) in [5.74, 6) is 0.997. The lowest BCUT2D eigenvalue weighted by molar-refractivity contribution is -0.136. The molecule has 0 bridgehead atoms. The molecule has 18 heavy (non-hydrogen) atoms. The second kappa shape index (κ2) is 5.72. The van der Waals surface area contributed by atoms with Gasteiger partial charge in [-0.25, -0.2) is 0 Å². The summed E-state index contributed by atoms with van der Waals surface area (Å²) in [6, 6.07) is 3.61. The van der Waals surface area contributed by atoms with E-state index < -0.39 is 5.97 Å². The van der Waals surface area contributed by atoms with E-state index in [1.807, 2.05) is 17.6 Å². The molecule has 2 rings (SSSR count). The Balaban J connectivity index is 2.15. The number of nitrogens with zero attached hydrogens (tertiary/aromatic N) is 3. The first-order valence-corrected chi connectivity index (χ1v) is 6.52.